The van der Waals surface area contributed by atoms with E-state index in [9.17, 15) is 9.59 Å². The molecule has 4 nitrogen and oxygen atoms in total. The Balaban J connectivity index is 2.73. The molecule has 0 aromatic heterocycles. The van der Waals surface area contributed by atoms with Crippen LogP contribution in [0, 0.1) is 0 Å². The Morgan fingerprint density at radius 1 is 1.30 bits per heavy atom. The maximum atomic E-state index is 11.8. The van der Waals surface area contributed by atoms with E-state index in [0.29, 0.717) is 6.42 Å². The van der Waals surface area contributed by atoms with E-state index in [1.165, 1.54) is 6.08 Å². The molecule has 1 rings (SSSR count). The van der Waals surface area contributed by atoms with Gasteiger partial charge in [0.1, 0.15) is 5.60 Å². The van der Waals surface area contributed by atoms with E-state index in [2.05, 4.69) is 11.9 Å². The smallest absolute Gasteiger partial charge is 0.408 e. The first-order valence-corrected chi connectivity index (χ1v) is 6.51. The highest BCUT2D eigenvalue weighted by atomic mass is 16.6. The number of hydrogen-bond acceptors (Lipinski definition) is 3. The van der Waals surface area contributed by atoms with Crippen LogP contribution in [-0.2, 0) is 16.0 Å². The molecule has 1 aromatic rings. The zero-order valence-electron chi connectivity index (χ0n) is 12.2. The number of nitrogens with one attached hydrogen (secondary N) is 1. The molecule has 0 heterocycles. The highest BCUT2D eigenvalue weighted by Crippen LogP contribution is 2.09. The summed E-state index contributed by atoms with van der Waals surface area (Å²) < 4.78 is 5.16. The van der Waals surface area contributed by atoms with Gasteiger partial charge in [-0.15, -0.1) is 0 Å². The average molecular weight is 275 g/mol. The molecule has 0 saturated carbocycles. The third-order valence-electron chi connectivity index (χ3n) is 2.52. The summed E-state index contributed by atoms with van der Waals surface area (Å²) in [5, 5.41) is 2.59. The lowest BCUT2D eigenvalue weighted by Gasteiger charge is -2.22. The van der Waals surface area contributed by atoms with E-state index in [1.54, 1.807) is 20.8 Å². The lowest BCUT2D eigenvalue weighted by atomic mass is 10.0. The summed E-state index contributed by atoms with van der Waals surface area (Å²) in [6, 6.07) is 8.82. The van der Waals surface area contributed by atoms with Gasteiger partial charge in [0, 0.05) is 6.42 Å². The number of amides is 1. The summed E-state index contributed by atoms with van der Waals surface area (Å²) in [5.41, 5.74) is 0.363. The molecule has 4 heteroatoms. The standard InChI is InChI=1S/C16H21NO3/c1-5-14(18)13(11-12-9-7-6-8-10-12)17-15(19)20-16(2,3)4/h5-10,13H,1,11H2,2-4H3,(H,17,19). The van der Waals surface area contributed by atoms with Crippen LogP contribution < -0.4 is 5.32 Å². The van der Waals surface area contributed by atoms with Gasteiger partial charge in [-0.05, 0) is 32.4 Å². The van der Waals surface area contributed by atoms with Crippen molar-refractivity contribution in [1.29, 1.82) is 0 Å². The van der Waals surface area contributed by atoms with Crippen molar-refractivity contribution in [3.63, 3.8) is 0 Å². The van der Waals surface area contributed by atoms with Crippen LogP contribution in [0.1, 0.15) is 26.3 Å². The number of rotatable bonds is 5. The quantitative estimate of drug-likeness (QED) is 0.841. The normalized spacial score (nSPS) is 12.3. The number of carbonyl (C=O) groups excluding carboxylic acids is 2. The van der Waals surface area contributed by atoms with Crippen molar-refractivity contribution in [2.45, 2.75) is 38.8 Å². The van der Waals surface area contributed by atoms with E-state index in [0.717, 1.165) is 5.56 Å². The van der Waals surface area contributed by atoms with Crippen LogP contribution in [-0.4, -0.2) is 23.5 Å². The molecule has 108 valence electrons. The van der Waals surface area contributed by atoms with Gasteiger partial charge in [-0.1, -0.05) is 36.9 Å². The van der Waals surface area contributed by atoms with Gasteiger partial charge < -0.3 is 10.1 Å². The van der Waals surface area contributed by atoms with Crippen LogP contribution in [0.5, 0.6) is 0 Å². The first kappa shape index (κ1) is 16.0. The third kappa shape index (κ3) is 5.69. The third-order valence-corrected chi connectivity index (χ3v) is 2.52. The van der Waals surface area contributed by atoms with E-state index in [1.807, 2.05) is 30.3 Å². The van der Waals surface area contributed by atoms with Crippen LogP contribution >= 0.6 is 0 Å². The first-order valence-electron chi connectivity index (χ1n) is 6.51. The first-order chi connectivity index (χ1) is 9.31. The second-order valence-electron chi connectivity index (χ2n) is 5.50. The Labute approximate surface area is 119 Å². The minimum Gasteiger partial charge on any atom is -0.444 e. The van der Waals surface area contributed by atoms with Crippen molar-refractivity contribution in [3.8, 4) is 0 Å². The number of benzene rings is 1. The number of hydrogen-bond donors (Lipinski definition) is 1. The molecular weight excluding hydrogens is 254 g/mol. The second-order valence-corrected chi connectivity index (χ2v) is 5.50. The number of ketones is 1. The fourth-order valence-corrected chi connectivity index (χ4v) is 1.66. The van der Waals surface area contributed by atoms with Gasteiger partial charge in [0.15, 0.2) is 5.78 Å². The fraction of sp³-hybridized carbons (Fsp3) is 0.375. The van der Waals surface area contributed by atoms with Crippen molar-refractivity contribution < 1.29 is 14.3 Å². The van der Waals surface area contributed by atoms with Gasteiger partial charge in [0.2, 0.25) is 0 Å². The number of ether oxygens (including phenoxy) is 1. The molecule has 20 heavy (non-hydrogen) atoms. The Bertz CT molecular complexity index is 474. The van der Waals surface area contributed by atoms with Crippen LogP contribution in [0.3, 0.4) is 0 Å². The summed E-state index contributed by atoms with van der Waals surface area (Å²) in [7, 11) is 0. The molecule has 0 aliphatic rings. The largest absolute Gasteiger partial charge is 0.444 e. The van der Waals surface area contributed by atoms with E-state index >= 15 is 0 Å². The molecule has 1 unspecified atom stereocenters. The lowest BCUT2D eigenvalue weighted by Crippen LogP contribution is -2.44. The molecule has 0 fully saturated rings. The van der Waals surface area contributed by atoms with E-state index in [4.69, 9.17) is 4.74 Å². The molecule has 0 radical (unpaired) electrons. The highest BCUT2D eigenvalue weighted by molar-refractivity contribution is 5.96. The minimum atomic E-state index is -0.662. The lowest BCUT2D eigenvalue weighted by molar-refractivity contribution is -0.116. The fourth-order valence-electron chi connectivity index (χ4n) is 1.66. The van der Waals surface area contributed by atoms with Crippen LogP contribution in [0.15, 0.2) is 43.0 Å². The monoisotopic (exact) mass is 275 g/mol. The molecule has 0 spiro atoms. The van der Waals surface area contributed by atoms with Gasteiger partial charge in [-0.2, -0.15) is 0 Å². The summed E-state index contributed by atoms with van der Waals surface area (Å²) in [6.07, 6.45) is 1.02. The van der Waals surface area contributed by atoms with Crippen molar-refractivity contribution >= 4 is 11.9 Å². The molecule has 1 N–H and O–H groups in total. The Morgan fingerprint density at radius 3 is 2.40 bits per heavy atom. The number of alkyl carbamates (subject to hydrolysis) is 1. The van der Waals surface area contributed by atoms with E-state index < -0.39 is 17.7 Å². The van der Waals surface area contributed by atoms with Crippen molar-refractivity contribution in [2.24, 2.45) is 0 Å². The topological polar surface area (TPSA) is 55.4 Å². The zero-order valence-corrected chi connectivity index (χ0v) is 12.2. The Hall–Kier alpha value is -2.10. The molecule has 1 atom stereocenters. The van der Waals surface area contributed by atoms with Crippen LogP contribution in [0.2, 0.25) is 0 Å². The average Bonchev–Trinajstić information content (AvgIpc) is 2.36. The molecular formula is C16H21NO3. The summed E-state index contributed by atoms with van der Waals surface area (Å²) >= 11 is 0. The highest BCUT2D eigenvalue weighted by Gasteiger charge is 2.22. The molecule has 1 aromatic carbocycles. The molecule has 0 saturated heterocycles. The maximum Gasteiger partial charge on any atom is 0.408 e. The van der Waals surface area contributed by atoms with E-state index in [-0.39, 0.29) is 5.78 Å². The maximum absolute atomic E-state index is 11.8. The predicted molar refractivity (Wildman–Crippen MR) is 78.5 cm³/mol. The minimum absolute atomic E-state index is 0.236. The van der Waals surface area contributed by atoms with Gasteiger partial charge in [0.05, 0.1) is 6.04 Å². The van der Waals surface area contributed by atoms with Crippen LogP contribution in [0.4, 0.5) is 4.79 Å². The molecule has 0 bridgehead atoms. The Morgan fingerprint density at radius 2 is 1.90 bits per heavy atom. The van der Waals surface area contributed by atoms with Gasteiger partial charge in [-0.3, -0.25) is 4.79 Å². The summed E-state index contributed by atoms with van der Waals surface area (Å²) in [5.74, 6) is -0.236. The predicted octanol–water partition coefficient (Wildman–Crippen LogP) is 2.88. The van der Waals surface area contributed by atoms with Gasteiger partial charge in [-0.25, -0.2) is 4.79 Å². The molecule has 0 aliphatic heterocycles. The Kier molecular flexibility index (Phi) is 5.50. The molecule has 0 aliphatic carbocycles. The van der Waals surface area contributed by atoms with Crippen LogP contribution in [0.25, 0.3) is 0 Å². The van der Waals surface area contributed by atoms with Gasteiger partial charge in [0.25, 0.3) is 0 Å². The second kappa shape index (κ2) is 6.89. The molecule has 1 amide bonds. The summed E-state index contributed by atoms with van der Waals surface area (Å²) in [4.78, 5) is 23.6. The SMILES string of the molecule is C=CC(=O)C(Cc1ccccc1)NC(=O)OC(C)(C)C. The zero-order chi connectivity index (χ0) is 15.2. The van der Waals surface area contributed by atoms with Crippen molar-refractivity contribution in [1.82, 2.24) is 5.32 Å². The summed E-state index contributed by atoms with van der Waals surface area (Å²) in [6.45, 7) is 8.78. The van der Waals surface area contributed by atoms with Crippen molar-refractivity contribution in [3.05, 3.63) is 48.6 Å². The van der Waals surface area contributed by atoms with Crippen molar-refractivity contribution in [2.75, 3.05) is 0 Å². The van der Waals surface area contributed by atoms with Gasteiger partial charge >= 0.3 is 6.09 Å². The number of carbonyl (C=O) groups is 2.